The Morgan fingerprint density at radius 3 is 2.78 bits per heavy atom. The molecule has 0 bridgehead atoms. The van der Waals surface area contributed by atoms with E-state index in [1.165, 1.54) is 0 Å². The van der Waals surface area contributed by atoms with Crippen LogP contribution in [-0.2, 0) is 2.85 Å². The van der Waals surface area contributed by atoms with E-state index in [2.05, 4.69) is 2.85 Å². The molecule has 0 aromatic heterocycles. The molecule has 52 valence electrons. The van der Waals surface area contributed by atoms with Gasteiger partial charge in [0.25, 0.3) is 0 Å². The maximum Gasteiger partial charge on any atom is 0.510 e. The predicted molar refractivity (Wildman–Crippen MR) is 26.6 cm³/mol. The Kier molecular flexibility index (Phi) is 3.35. The van der Waals surface area contributed by atoms with Crippen LogP contribution in [0.5, 0.6) is 0 Å². The predicted octanol–water partition coefficient (Wildman–Crippen LogP) is -3.59. The normalized spacial score (nSPS) is 25.9. The van der Waals surface area contributed by atoms with Gasteiger partial charge < -0.3 is 6.87 Å². The first kappa shape index (κ1) is 7.88. The van der Waals surface area contributed by atoms with Crippen LogP contribution in [0.4, 0.5) is 0 Å². The summed E-state index contributed by atoms with van der Waals surface area (Å²) < 4.78 is 24.7. The van der Waals surface area contributed by atoms with E-state index in [0.717, 1.165) is 12.6 Å². The van der Waals surface area contributed by atoms with E-state index in [0.29, 0.717) is 0 Å². The van der Waals surface area contributed by atoms with Gasteiger partial charge in [0.15, 0.2) is 8.15 Å². The molecule has 0 spiro atoms. The van der Waals surface area contributed by atoms with E-state index in [1.54, 1.807) is 0 Å². The summed E-state index contributed by atoms with van der Waals surface area (Å²) in [6.45, 7) is 0. The summed E-state index contributed by atoms with van der Waals surface area (Å²) in [5.41, 5.74) is 0. The molecule has 1 heterocycles. The molecule has 1 atom stereocenters. The van der Waals surface area contributed by atoms with Crippen molar-refractivity contribution in [3.05, 3.63) is 11.9 Å². The maximum atomic E-state index is 10.0. The molecule has 0 amide bonds. The molecule has 0 aromatic rings. The quantitative estimate of drug-likeness (QED) is 0.381. The lowest BCUT2D eigenvalue weighted by Gasteiger charge is -1.95. The second-order valence-electron chi connectivity index (χ2n) is 1.57. The molecule has 1 unspecified atom stereocenters. The second kappa shape index (κ2) is 3.83. The molecule has 0 aromatic carbocycles. The first-order valence-electron chi connectivity index (χ1n) is 2.46. The summed E-state index contributed by atoms with van der Waals surface area (Å²) in [6.07, 6.45) is 3.81. The van der Waals surface area contributed by atoms with Crippen molar-refractivity contribution >= 4 is 8.15 Å². The average molecular weight is 260 g/mol. The molecule has 3 nitrogen and oxygen atoms in total. The van der Waals surface area contributed by atoms with Gasteiger partial charge in [0.1, 0.15) is 0 Å². The van der Waals surface area contributed by atoms with E-state index in [9.17, 15) is 6.87 Å². The summed E-state index contributed by atoms with van der Waals surface area (Å²) in [6, 6.07) is 0. The van der Waals surface area contributed by atoms with Crippen molar-refractivity contribution in [1.82, 2.24) is 0 Å². The highest BCUT2D eigenvalue weighted by atomic mass is 127. The van der Waals surface area contributed by atoms with Crippen molar-refractivity contribution in [3.8, 4) is 0 Å². The largest absolute Gasteiger partial charge is 0.510 e. The van der Waals surface area contributed by atoms with Gasteiger partial charge in [0, 0.05) is 6.16 Å². The zero-order valence-electron chi connectivity index (χ0n) is 4.62. The smallest absolute Gasteiger partial charge is 0.396 e. The first-order chi connectivity index (χ1) is 4.29. The standard InChI is InChI=1S/C4H6IO3P/c6-5(7)8-9-3-1-2-4-9/h1,3H,2,4H2. The molecule has 1 rings (SSSR count). The van der Waals surface area contributed by atoms with Gasteiger partial charge in [-0.25, -0.2) is 0 Å². The number of halogens is 1. The minimum absolute atomic E-state index is 0.720. The summed E-state index contributed by atoms with van der Waals surface area (Å²) in [4.78, 5) is 0. The Labute approximate surface area is 63.6 Å². The minimum Gasteiger partial charge on any atom is -0.396 e. The highest BCUT2D eigenvalue weighted by Crippen LogP contribution is 2.40. The molecule has 0 radical (unpaired) electrons. The van der Waals surface area contributed by atoms with Gasteiger partial charge in [-0.1, -0.05) is 6.08 Å². The lowest BCUT2D eigenvalue weighted by Crippen LogP contribution is -3.98. The van der Waals surface area contributed by atoms with Crippen molar-refractivity contribution < 1.29 is 30.8 Å². The van der Waals surface area contributed by atoms with E-state index in [1.807, 2.05) is 11.9 Å². The molecule has 0 aliphatic carbocycles. The Bertz CT molecular complexity index is 116. The maximum absolute atomic E-state index is 10.0. The zero-order chi connectivity index (χ0) is 6.69. The van der Waals surface area contributed by atoms with Crippen molar-refractivity contribution in [2.24, 2.45) is 0 Å². The first-order valence-corrected chi connectivity index (χ1v) is 6.62. The zero-order valence-corrected chi connectivity index (χ0v) is 7.67. The molecular weight excluding hydrogens is 254 g/mol. The van der Waals surface area contributed by atoms with E-state index in [-0.39, 0.29) is 0 Å². The summed E-state index contributed by atoms with van der Waals surface area (Å²) >= 11 is -3.39. The van der Waals surface area contributed by atoms with Gasteiger partial charge in [-0.05, 0) is 15.1 Å². The van der Waals surface area contributed by atoms with Crippen LogP contribution in [-0.4, -0.2) is 6.16 Å². The Morgan fingerprint density at radius 2 is 2.33 bits per heavy atom. The van der Waals surface area contributed by atoms with Crippen LogP contribution in [0, 0.1) is 0 Å². The van der Waals surface area contributed by atoms with Gasteiger partial charge in [0.2, 0.25) is 0 Å². The van der Waals surface area contributed by atoms with Crippen LogP contribution in [0.25, 0.3) is 0 Å². The van der Waals surface area contributed by atoms with Gasteiger partial charge in [-0.2, -0.15) is 0 Å². The molecule has 0 saturated heterocycles. The highest BCUT2D eigenvalue weighted by Gasteiger charge is 2.23. The van der Waals surface area contributed by atoms with Gasteiger partial charge in [-0.3, -0.25) is 0 Å². The van der Waals surface area contributed by atoms with Crippen LogP contribution in [0.2, 0.25) is 0 Å². The molecule has 5 heteroatoms. The molecule has 1 aliphatic heterocycles. The van der Waals surface area contributed by atoms with Crippen LogP contribution < -0.4 is 27.9 Å². The van der Waals surface area contributed by atoms with Crippen molar-refractivity contribution in [3.63, 3.8) is 0 Å². The number of hydrogen-bond acceptors (Lipinski definition) is 3. The Balaban J connectivity index is 2.20. The van der Waals surface area contributed by atoms with E-state index < -0.39 is 29.2 Å². The fraction of sp³-hybridized carbons (Fsp3) is 0.500. The fourth-order valence-electron chi connectivity index (χ4n) is 0.598. The van der Waals surface area contributed by atoms with E-state index in [4.69, 9.17) is 0 Å². The lowest BCUT2D eigenvalue weighted by atomic mass is 10.5. The monoisotopic (exact) mass is 260 g/mol. The van der Waals surface area contributed by atoms with Gasteiger partial charge in [0.05, 0.1) is 0 Å². The van der Waals surface area contributed by atoms with Crippen molar-refractivity contribution in [2.75, 3.05) is 6.16 Å². The fourth-order valence-corrected chi connectivity index (χ4v) is 4.02. The van der Waals surface area contributed by atoms with Gasteiger partial charge in [-0.15, -0.1) is 0 Å². The third kappa shape index (κ3) is 2.91. The molecule has 9 heavy (non-hydrogen) atoms. The van der Waals surface area contributed by atoms with Gasteiger partial charge >= 0.3 is 21.1 Å². The second-order valence-corrected chi connectivity index (χ2v) is 5.55. The number of allylic oxidation sites excluding steroid dienone is 1. The highest BCUT2D eigenvalue weighted by molar-refractivity contribution is 7.56. The topological polar surface area (TPSA) is 55.3 Å². The third-order valence-corrected chi connectivity index (χ3v) is 4.95. The van der Waals surface area contributed by atoms with Crippen LogP contribution in [0.15, 0.2) is 11.9 Å². The Hall–Kier alpha value is 0.780. The minimum atomic E-state index is -3.39. The van der Waals surface area contributed by atoms with Crippen LogP contribution in [0.1, 0.15) is 6.42 Å². The molecular formula is C4H6IO3P. The molecule has 1 aliphatic rings. The number of rotatable bonds is 2. The van der Waals surface area contributed by atoms with Crippen LogP contribution in [0.3, 0.4) is 0 Å². The van der Waals surface area contributed by atoms with Crippen molar-refractivity contribution in [2.45, 2.75) is 6.42 Å². The van der Waals surface area contributed by atoms with E-state index >= 15 is 0 Å². The summed E-state index contributed by atoms with van der Waals surface area (Å²) in [7, 11) is -0.720. The van der Waals surface area contributed by atoms with Crippen molar-refractivity contribution in [1.29, 1.82) is 0 Å². The summed E-state index contributed by atoms with van der Waals surface area (Å²) in [5.74, 6) is 1.86. The SMILES string of the molecule is [O-][I+2]([O-])OP1C=CCC1. The molecule has 0 fully saturated rings. The average Bonchev–Trinajstić information content (AvgIpc) is 2.15. The lowest BCUT2D eigenvalue weighted by molar-refractivity contribution is -1.62. The van der Waals surface area contributed by atoms with Crippen LogP contribution >= 0.6 is 8.15 Å². The number of hydrogen-bond donors (Lipinski definition) is 0. The molecule has 0 saturated carbocycles. The summed E-state index contributed by atoms with van der Waals surface area (Å²) in [5, 5.41) is 0. The third-order valence-electron chi connectivity index (χ3n) is 0.933. The Morgan fingerprint density at radius 1 is 1.56 bits per heavy atom. The molecule has 0 N–H and O–H groups in total.